The van der Waals surface area contributed by atoms with Gasteiger partial charge in [-0.3, -0.25) is 4.79 Å². The van der Waals surface area contributed by atoms with Gasteiger partial charge in [0.15, 0.2) is 0 Å². The first kappa shape index (κ1) is 10.2. The molecule has 0 radical (unpaired) electrons. The van der Waals surface area contributed by atoms with Crippen LogP contribution >= 0.6 is 0 Å². The zero-order valence-electron chi connectivity index (χ0n) is 8.82. The number of methoxy groups -OCH3 is 1. The van der Waals surface area contributed by atoms with Crippen molar-refractivity contribution in [2.24, 2.45) is 0 Å². The van der Waals surface area contributed by atoms with E-state index in [0.29, 0.717) is 18.9 Å². The molecule has 0 spiro atoms. The lowest BCUT2D eigenvalue weighted by atomic mass is 9.94. The second kappa shape index (κ2) is 4.45. The number of rotatable bonds is 3. The van der Waals surface area contributed by atoms with Crippen LogP contribution in [0.15, 0.2) is 24.3 Å². The van der Waals surface area contributed by atoms with Crippen molar-refractivity contribution in [3.63, 3.8) is 0 Å². The van der Waals surface area contributed by atoms with Gasteiger partial charge in [0, 0.05) is 26.0 Å². The maximum absolute atomic E-state index is 11.2. The van der Waals surface area contributed by atoms with Crippen LogP contribution in [0, 0.1) is 0 Å². The predicted molar refractivity (Wildman–Crippen MR) is 57.5 cm³/mol. The lowest BCUT2D eigenvalue weighted by Crippen LogP contribution is -2.13. The van der Waals surface area contributed by atoms with Crippen molar-refractivity contribution in [2.75, 3.05) is 13.7 Å². The summed E-state index contributed by atoms with van der Waals surface area (Å²) in [5.74, 6) is 0.455. The van der Waals surface area contributed by atoms with Crippen molar-refractivity contribution in [1.82, 2.24) is 5.32 Å². The van der Waals surface area contributed by atoms with Crippen LogP contribution in [0.3, 0.4) is 0 Å². The molecule has 1 aliphatic heterocycles. The van der Waals surface area contributed by atoms with Gasteiger partial charge in [-0.05, 0) is 11.1 Å². The molecule has 1 N–H and O–H groups in total. The molecule has 80 valence electrons. The summed E-state index contributed by atoms with van der Waals surface area (Å²) in [5.41, 5.74) is 2.42. The number of ether oxygens (including phenoxy) is 1. The first-order chi connectivity index (χ1) is 7.31. The lowest BCUT2D eigenvalue weighted by Gasteiger charge is -2.13. The fraction of sp³-hybridized carbons (Fsp3) is 0.417. The van der Waals surface area contributed by atoms with Crippen LogP contribution < -0.4 is 5.32 Å². The van der Waals surface area contributed by atoms with Gasteiger partial charge in [0.05, 0.1) is 6.61 Å². The predicted octanol–water partition coefficient (Wildman–Crippen LogP) is 1.44. The number of amides is 1. The summed E-state index contributed by atoms with van der Waals surface area (Å²) in [6, 6.07) is 8.15. The highest BCUT2D eigenvalue weighted by Gasteiger charge is 2.24. The lowest BCUT2D eigenvalue weighted by molar-refractivity contribution is -0.119. The van der Waals surface area contributed by atoms with Crippen molar-refractivity contribution in [2.45, 2.75) is 18.9 Å². The quantitative estimate of drug-likeness (QED) is 0.810. The smallest absolute Gasteiger partial charge is 0.220 e. The molecule has 1 heterocycles. The number of carbonyl (C=O) groups is 1. The highest BCUT2D eigenvalue weighted by molar-refractivity contribution is 5.79. The highest BCUT2D eigenvalue weighted by Crippen LogP contribution is 2.26. The van der Waals surface area contributed by atoms with Crippen LogP contribution in [-0.2, 0) is 16.1 Å². The SMILES string of the molecule is COCc1ccccc1C1CNC(=O)C1. The third-order valence-electron chi connectivity index (χ3n) is 2.77. The fourth-order valence-electron chi connectivity index (χ4n) is 2.04. The van der Waals surface area contributed by atoms with E-state index >= 15 is 0 Å². The maximum atomic E-state index is 11.2. The minimum atomic E-state index is 0.146. The van der Waals surface area contributed by atoms with E-state index in [1.807, 2.05) is 12.1 Å². The van der Waals surface area contributed by atoms with Gasteiger partial charge in [-0.25, -0.2) is 0 Å². The van der Waals surface area contributed by atoms with Gasteiger partial charge in [0.25, 0.3) is 0 Å². The number of benzene rings is 1. The molecule has 1 fully saturated rings. The Morgan fingerprint density at radius 1 is 1.47 bits per heavy atom. The molecular formula is C12H15NO2. The van der Waals surface area contributed by atoms with E-state index < -0.39 is 0 Å². The van der Waals surface area contributed by atoms with Crippen LogP contribution in [0.1, 0.15) is 23.5 Å². The van der Waals surface area contributed by atoms with Gasteiger partial charge in [-0.2, -0.15) is 0 Å². The second-order valence-electron chi connectivity index (χ2n) is 3.84. The molecule has 0 bridgehead atoms. The third-order valence-corrected chi connectivity index (χ3v) is 2.77. The molecule has 15 heavy (non-hydrogen) atoms. The molecule has 1 saturated heterocycles. The second-order valence-corrected chi connectivity index (χ2v) is 3.84. The van der Waals surface area contributed by atoms with E-state index in [4.69, 9.17) is 4.74 Å². The topological polar surface area (TPSA) is 38.3 Å². The van der Waals surface area contributed by atoms with Crippen LogP contribution in [0.5, 0.6) is 0 Å². The number of carbonyl (C=O) groups excluding carboxylic acids is 1. The fourth-order valence-corrected chi connectivity index (χ4v) is 2.04. The molecular weight excluding hydrogens is 190 g/mol. The average molecular weight is 205 g/mol. The number of nitrogens with one attached hydrogen (secondary N) is 1. The highest BCUT2D eigenvalue weighted by atomic mass is 16.5. The first-order valence-corrected chi connectivity index (χ1v) is 5.14. The van der Waals surface area contributed by atoms with E-state index in [-0.39, 0.29) is 5.91 Å². The Bertz CT molecular complexity index is 362. The van der Waals surface area contributed by atoms with Crippen molar-refractivity contribution in [3.05, 3.63) is 35.4 Å². The summed E-state index contributed by atoms with van der Waals surface area (Å²) in [5, 5.41) is 2.86. The van der Waals surface area contributed by atoms with Crippen LogP contribution in [-0.4, -0.2) is 19.6 Å². The summed E-state index contributed by atoms with van der Waals surface area (Å²) in [7, 11) is 1.69. The van der Waals surface area contributed by atoms with Crippen LogP contribution in [0.2, 0.25) is 0 Å². The van der Waals surface area contributed by atoms with Crippen molar-refractivity contribution < 1.29 is 9.53 Å². The Labute approximate surface area is 89.4 Å². The molecule has 1 aliphatic rings. The summed E-state index contributed by atoms with van der Waals surface area (Å²) >= 11 is 0. The normalized spacial score (nSPS) is 20.3. The van der Waals surface area contributed by atoms with Crippen molar-refractivity contribution in [1.29, 1.82) is 0 Å². The summed E-state index contributed by atoms with van der Waals surface area (Å²) in [6.07, 6.45) is 0.598. The van der Waals surface area contributed by atoms with Crippen LogP contribution in [0.4, 0.5) is 0 Å². The van der Waals surface area contributed by atoms with Crippen molar-refractivity contribution >= 4 is 5.91 Å². The number of hydrogen-bond acceptors (Lipinski definition) is 2. The molecule has 0 aromatic heterocycles. The molecule has 1 aromatic carbocycles. The van der Waals surface area contributed by atoms with E-state index in [1.54, 1.807) is 7.11 Å². The van der Waals surface area contributed by atoms with Crippen LogP contribution in [0.25, 0.3) is 0 Å². The van der Waals surface area contributed by atoms with E-state index in [1.165, 1.54) is 11.1 Å². The summed E-state index contributed by atoms with van der Waals surface area (Å²) in [4.78, 5) is 11.2. The molecule has 1 amide bonds. The molecule has 1 aromatic rings. The minimum Gasteiger partial charge on any atom is -0.380 e. The van der Waals surface area contributed by atoms with E-state index in [2.05, 4.69) is 17.4 Å². The number of hydrogen-bond donors (Lipinski definition) is 1. The Kier molecular flexibility index (Phi) is 3.02. The Morgan fingerprint density at radius 3 is 2.93 bits per heavy atom. The average Bonchev–Trinajstić information content (AvgIpc) is 2.66. The molecule has 1 atom stereocenters. The third kappa shape index (κ3) is 2.18. The van der Waals surface area contributed by atoms with E-state index in [0.717, 1.165) is 6.54 Å². The molecule has 1 unspecified atom stereocenters. The Morgan fingerprint density at radius 2 is 2.27 bits per heavy atom. The maximum Gasteiger partial charge on any atom is 0.220 e. The molecule has 0 aliphatic carbocycles. The van der Waals surface area contributed by atoms with Gasteiger partial charge >= 0.3 is 0 Å². The van der Waals surface area contributed by atoms with E-state index in [9.17, 15) is 4.79 Å². The van der Waals surface area contributed by atoms with Gasteiger partial charge in [-0.15, -0.1) is 0 Å². The molecule has 0 saturated carbocycles. The molecule has 3 heteroatoms. The summed E-state index contributed by atoms with van der Waals surface area (Å²) < 4.78 is 5.15. The Hall–Kier alpha value is -1.35. The zero-order chi connectivity index (χ0) is 10.7. The monoisotopic (exact) mass is 205 g/mol. The van der Waals surface area contributed by atoms with Gasteiger partial charge in [0.2, 0.25) is 5.91 Å². The standard InChI is InChI=1S/C12H15NO2/c1-15-8-9-4-2-3-5-11(9)10-6-12(14)13-7-10/h2-5,10H,6-8H2,1H3,(H,13,14). The minimum absolute atomic E-state index is 0.146. The molecule has 2 rings (SSSR count). The van der Waals surface area contributed by atoms with Crippen molar-refractivity contribution in [3.8, 4) is 0 Å². The largest absolute Gasteiger partial charge is 0.380 e. The van der Waals surface area contributed by atoms with Gasteiger partial charge < -0.3 is 10.1 Å². The Balaban J connectivity index is 2.22. The summed E-state index contributed by atoms with van der Waals surface area (Å²) in [6.45, 7) is 1.36. The first-order valence-electron chi connectivity index (χ1n) is 5.14. The molecule has 3 nitrogen and oxygen atoms in total. The van der Waals surface area contributed by atoms with Gasteiger partial charge in [-0.1, -0.05) is 24.3 Å². The van der Waals surface area contributed by atoms with Gasteiger partial charge in [0.1, 0.15) is 0 Å². The zero-order valence-corrected chi connectivity index (χ0v) is 8.82.